The molecule has 0 radical (unpaired) electrons. The molecule has 0 unspecified atom stereocenters. The maximum atomic E-state index is 12.8. The molecule has 0 spiro atoms. The van der Waals surface area contributed by atoms with Gasteiger partial charge in [-0.1, -0.05) is 19.1 Å². The van der Waals surface area contributed by atoms with E-state index in [4.69, 9.17) is 14.5 Å². The van der Waals surface area contributed by atoms with Crippen molar-refractivity contribution in [2.45, 2.75) is 26.2 Å². The van der Waals surface area contributed by atoms with Crippen molar-refractivity contribution in [1.29, 1.82) is 0 Å². The number of benzene rings is 2. The zero-order chi connectivity index (χ0) is 23.7. The van der Waals surface area contributed by atoms with Crippen LogP contribution in [0.15, 0.2) is 42.5 Å². The van der Waals surface area contributed by atoms with Crippen molar-refractivity contribution in [3.05, 3.63) is 59.2 Å². The molecule has 2 aromatic carbocycles. The van der Waals surface area contributed by atoms with E-state index in [1.807, 2.05) is 12.1 Å². The van der Waals surface area contributed by atoms with E-state index in [0.717, 1.165) is 72.7 Å². The number of nitrogens with one attached hydrogen (secondary N) is 1. The molecule has 1 aromatic heterocycles. The van der Waals surface area contributed by atoms with E-state index in [1.165, 1.54) is 12.1 Å². The minimum Gasteiger partial charge on any atom is -0.454 e. The number of nitrogens with zero attached hydrogens (tertiary/aromatic N) is 3. The molecule has 0 atom stereocenters. The van der Waals surface area contributed by atoms with Crippen molar-refractivity contribution in [3.8, 4) is 11.5 Å². The van der Waals surface area contributed by atoms with E-state index in [2.05, 4.69) is 28.1 Å². The number of hydrogen-bond acceptors (Lipinski definition) is 6. The summed E-state index contributed by atoms with van der Waals surface area (Å²) < 4.78 is 49.5. The smallest absolute Gasteiger partial charge is 0.416 e. The first-order chi connectivity index (χ1) is 16.4. The van der Waals surface area contributed by atoms with Crippen LogP contribution >= 0.6 is 0 Å². The molecular formula is C25H27F3N4O2. The van der Waals surface area contributed by atoms with E-state index >= 15 is 0 Å². The van der Waals surface area contributed by atoms with Gasteiger partial charge >= 0.3 is 6.18 Å². The molecule has 1 N–H and O–H groups in total. The number of piperazine rings is 1. The summed E-state index contributed by atoms with van der Waals surface area (Å²) in [6.07, 6.45) is -4.33. The first kappa shape index (κ1) is 22.7. The summed E-state index contributed by atoms with van der Waals surface area (Å²) in [5.74, 6) is 2.35. The largest absolute Gasteiger partial charge is 0.454 e. The van der Waals surface area contributed by atoms with Gasteiger partial charge in [0.15, 0.2) is 11.5 Å². The van der Waals surface area contributed by atoms with Crippen LogP contribution in [-0.2, 0) is 19.3 Å². The molecular weight excluding hydrogens is 445 g/mol. The molecule has 0 amide bonds. The Balaban J connectivity index is 1.37. The van der Waals surface area contributed by atoms with Gasteiger partial charge in [0, 0.05) is 56.3 Å². The summed E-state index contributed by atoms with van der Waals surface area (Å²) in [7, 11) is 0. The monoisotopic (exact) mass is 472 g/mol. The van der Waals surface area contributed by atoms with Crippen molar-refractivity contribution in [2.75, 3.05) is 44.4 Å². The molecule has 34 heavy (non-hydrogen) atoms. The van der Waals surface area contributed by atoms with Gasteiger partial charge in [-0.05, 0) is 36.4 Å². The maximum Gasteiger partial charge on any atom is 0.416 e. The normalized spacial score (nSPS) is 16.4. The predicted octanol–water partition coefficient (Wildman–Crippen LogP) is 4.41. The third kappa shape index (κ3) is 4.76. The van der Waals surface area contributed by atoms with Gasteiger partial charge in [0.05, 0.1) is 11.1 Å². The Labute approximate surface area is 196 Å². The van der Waals surface area contributed by atoms with Gasteiger partial charge in [-0.25, -0.2) is 4.98 Å². The number of halogens is 3. The first-order valence-corrected chi connectivity index (χ1v) is 11.5. The van der Waals surface area contributed by atoms with Crippen LogP contribution in [-0.4, -0.2) is 49.4 Å². The Morgan fingerprint density at radius 3 is 2.32 bits per heavy atom. The lowest BCUT2D eigenvalue weighted by Gasteiger charge is -2.35. The van der Waals surface area contributed by atoms with Crippen molar-refractivity contribution in [3.63, 3.8) is 0 Å². The predicted molar refractivity (Wildman–Crippen MR) is 124 cm³/mol. The molecule has 9 heteroatoms. The summed E-state index contributed by atoms with van der Waals surface area (Å²) in [4.78, 5) is 9.72. The molecule has 3 heterocycles. The molecule has 0 saturated carbocycles. The first-order valence-electron chi connectivity index (χ1n) is 11.5. The quantitative estimate of drug-likeness (QED) is 0.574. The number of anilines is 1. The summed E-state index contributed by atoms with van der Waals surface area (Å²) >= 11 is 0. The SMILES string of the molecule is CCN1CCN(c2nc3cc4c(cc3cc2CNCc2ccc(C(F)(F)F)cc2)OCO4)CC1. The standard InChI is InChI=1S/C25H27F3N4O2/c1-2-31-7-9-32(10-8-31)24-19(11-18-12-22-23(34-16-33-22)13-21(18)30-24)15-29-14-17-3-5-20(6-4-17)25(26,27)28/h3-6,11-13,29H,2,7-10,14-16H2,1H3. The Hall–Kier alpha value is -3.04. The van der Waals surface area contributed by atoms with Crippen LogP contribution in [0.3, 0.4) is 0 Å². The highest BCUT2D eigenvalue weighted by Gasteiger charge is 2.30. The molecule has 180 valence electrons. The van der Waals surface area contributed by atoms with Crippen LogP contribution in [0.1, 0.15) is 23.6 Å². The Morgan fingerprint density at radius 1 is 0.941 bits per heavy atom. The molecule has 6 nitrogen and oxygen atoms in total. The van der Waals surface area contributed by atoms with Crippen molar-refractivity contribution in [1.82, 2.24) is 15.2 Å². The molecule has 1 saturated heterocycles. The second-order valence-electron chi connectivity index (χ2n) is 8.59. The van der Waals surface area contributed by atoms with Gasteiger partial charge in [-0.2, -0.15) is 13.2 Å². The van der Waals surface area contributed by atoms with E-state index in [-0.39, 0.29) is 6.79 Å². The molecule has 3 aromatic rings. The molecule has 0 aliphatic carbocycles. The summed E-state index contributed by atoms with van der Waals surface area (Å²) in [6.45, 7) is 8.16. The number of rotatable bonds is 6. The minimum absolute atomic E-state index is 0.207. The Morgan fingerprint density at radius 2 is 1.65 bits per heavy atom. The van der Waals surface area contributed by atoms with Gasteiger partial charge in [-0.15, -0.1) is 0 Å². The summed E-state index contributed by atoms with van der Waals surface area (Å²) in [5.41, 5.74) is 2.05. The van der Waals surface area contributed by atoms with Crippen LogP contribution in [0.25, 0.3) is 10.9 Å². The highest BCUT2D eigenvalue weighted by Crippen LogP contribution is 2.37. The number of likely N-dealkylation sites (N-methyl/N-ethyl adjacent to an activating group) is 1. The number of fused-ring (bicyclic) bond motifs is 2. The van der Waals surface area contributed by atoms with Crippen LogP contribution in [0.5, 0.6) is 11.5 Å². The van der Waals surface area contributed by atoms with Crippen LogP contribution in [0.4, 0.5) is 19.0 Å². The molecule has 2 aliphatic rings. The van der Waals surface area contributed by atoms with E-state index in [9.17, 15) is 13.2 Å². The lowest BCUT2D eigenvalue weighted by Crippen LogP contribution is -2.46. The Bertz CT molecular complexity index is 1160. The fraction of sp³-hybridized carbons (Fsp3) is 0.400. The van der Waals surface area contributed by atoms with E-state index < -0.39 is 11.7 Å². The third-order valence-corrected chi connectivity index (χ3v) is 6.41. The molecule has 5 rings (SSSR count). The molecule has 2 aliphatic heterocycles. The van der Waals surface area contributed by atoms with Crippen LogP contribution in [0, 0.1) is 0 Å². The molecule has 1 fully saturated rings. The zero-order valence-electron chi connectivity index (χ0n) is 19.0. The van der Waals surface area contributed by atoms with Crippen molar-refractivity contribution < 1.29 is 22.6 Å². The average Bonchev–Trinajstić information content (AvgIpc) is 3.29. The number of aromatic nitrogens is 1. The second kappa shape index (κ2) is 9.31. The lowest BCUT2D eigenvalue weighted by atomic mass is 10.1. The fourth-order valence-corrected chi connectivity index (χ4v) is 4.43. The van der Waals surface area contributed by atoms with Crippen LogP contribution in [0.2, 0.25) is 0 Å². The van der Waals surface area contributed by atoms with Gasteiger partial charge in [0.2, 0.25) is 6.79 Å². The van der Waals surface area contributed by atoms with Gasteiger partial charge in [0.25, 0.3) is 0 Å². The minimum atomic E-state index is -4.33. The lowest BCUT2D eigenvalue weighted by molar-refractivity contribution is -0.137. The number of hydrogen-bond donors (Lipinski definition) is 1. The maximum absolute atomic E-state index is 12.8. The van der Waals surface area contributed by atoms with Crippen LogP contribution < -0.4 is 19.7 Å². The number of pyridine rings is 1. The number of ether oxygens (including phenoxy) is 2. The number of alkyl halides is 3. The van der Waals surface area contributed by atoms with Gasteiger partial charge in [-0.3, -0.25) is 0 Å². The highest BCUT2D eigenvalue weighted by atomic mass is 19.4. The summed E-state index contributed by atoms with van der Waals surface area (Å²) in [6, 6.07) is 11.3. The zero-order valence-corrected chi connectivity index (χ0v) is 19.0. The third-order valence-electron chi connectivity index (χ3n) is 6.41. The van der Waals surface area contributed by atoms with E-state index in [1.54, 1.807) is 0 Å². The second-order valence-corrected chi connectivity index (χ2v) is 8.59. The highest BCUT2D eigenvalue weighted by molar-refractivity contribution is 5.85. The Kier molecular flexibility index (Phi) is 6.22. The molecule has 0 bridgehead atoms. The average molecular weight is 473 g/mol. The van der Waals surface area contributed by atoms with Gasteiger partial charge < -0.3 is 24.6 Å². The fourth-order valence-electron chi connectivity index (χ4n) is 4.43. The topological polar surface area (TPSA) is 49.9 Å². The van der Waals surface area contributed by atoms with Crippen molar-refractivity contribution >= 4 is 16.7 Å². The van der Waals surface area contributed by atoms with Crippen molar-refractivity contribution in [2.24, 2.45) is 0 Å². The van der Waals surface area contributed by atoms with Gasteiger partial charge in [0.1, 0.15) is 5.82 Å². The summed E-state index contributed by atoms with van der Waals surface area (Å²) in [5, 5.41) is 4.34. The van der Waals surface area contributed by atoms with E-state index in [0.29, 0.717) is 24.6 Å².